The summed E-state index contributed by atoms with van der Waals surface area (Å²) >= 11 is 6.30. The Morgan fingerprint density at radius 3 is 2.82 bits per heavy atom. The van der Waals surface area contributed by atoms with Crippen molar-refractivity contribution in [1.29, 1.82) is 0 Å². The highest BCUT2D eigenvalue weighted by molar-refractivity contribution is 6.32. The van der Waals surface area contributed by atoms with E-state index in [0.29, 0.717) is 34.3 Å². The Morgan fingerprint density at radius 1 is 1.36 bits per heavy atom. The van der Waals surface area contributed by atoms with Crippen LogP contribution in [-0.4, -0.2) is 25.6 Å². The third-order valence-electron chi connectivity index (χ3n) is 3.71. The lowest BCUT2D eigenvalue weighted by atomic mass is 10.1. The first-order valence-corrected chi connectivity index (χ1v) is 8.68. The maximum atomic E-state index is 13.4. The molecule has 1 aliphatic heterocycles. The molecule has 0 saturated heterocycles. The summed E-state index contributed by atoms with van der Waals surface area (Å²) in [6, 6.07) is 8.93. The third-order valence-corrected chi connectivity index (χ3v) is 3.99. The summed E-state index contributed by atoms with van der Waals surface area (Å²) in [7, 11) is 1.49. The van der Waals surface area contributed by atoms with Gasteiger partial charge in [0, 0.05) is 5.56 Å². The lowest BCUT2D eigenvalue weighted by molar-refractivity contribution is -0.129. The number of nitrogens with zero attached hydrogens (tertiary/aromatic N) is 1. The van der Waals surface area contributed by atoms with Crippen molar-refractivity contribution in [3.63, 3.8) is 0 Å². The number of carbonyl (C=O) groups is 1. The van der Waals surface area contributed by atoms with E-state index in [1.807, 2.05) is 6.92 Å². The molecule has 0 aliphatic carbocycles. The SMILES string of the molecule is C=C(C)COc1c(Cl)cc(/C=C2\N=C(c3cccc(F)c3)OC2=O)cc1OC. The van der Waals surface area contributed by atoms with Gasteiger partial charge in [-0.25, -0.2) is 14.2 Å². The van der Waals surface area contributed by atoms with Gasteiger partial charge in [-0.1, -0.05) is 24.2 Å². The quantitative estimate of drug-likeness (QED) is 0.397. The smallest absolute Gasteiger partial charge is 0.363 e. The summed E-state index contributed by atoms with van der Waals surface area (Å²) in [6.07, 6.45) is 1.51. The minimum absolute atomic E-state index is 0.0372. The first-order chi connectivity index (χ1) is 13.4. The van der Waals surface area contributed by atoms with E-state index in [-0.39, 0.29) is 11.6 Å². The molecule has 7 heteroatoms. The molecule has 28 heavy (non-hydrogen) atoms. The summed E-state index contributed by atoms with van der Waals surface area (Å²) in [6.45, 7) is 5.91. The zero-order chi connectivity index (χ0) is 20.3. The normalized spacial score (nSPS) is 14.6. The number of halogens is 2. The Morgan fingerprint density at radius 2 is 2.14 bits per heavy atom. The number of aliphatic imine (C=N–C) groups is 1. The summed E-state index contributed by atoms with van der Waals surface area (Å²) in [5, 5.41) is 0.313. The number of esters is 1. The largest absolute Gasteiger partial charge is 0.493 e. The van der Waals surface area contributed by atoms with Crippen molar-refractivity contribution in [3.8, 4) is 11.5 Å². The van der Waals surface area contributed by atoms with E-state index in [0.717, 1.165) is 5.57 Å². The van der Waals surface area contributed by atoms with Crippen molar-refractivity contribution >= 4 is 29.5 Å². The van der Waals surface area contributed by atoms with E-state index >= 15 is 0 Å². The van der Waals surface area contributed by atoms with E-state index in [1.165, 1.54) is 31.4 Å². The number of hydrogen-bond acceptors (Lipinski definition) is 5. The second-order valence-corrected chi connectivity index (χ2v) is 6.53. The van der Waals surface area contributed by atoms with Gasteiger partial charge >= 0.3 is 5.97 Å². The molecular formula is C21H17ClFNO4. The number of methoxy groups -OCH3 is 1. The van der Waals surface area contributed by atoms with Gasteiger partial charge in [-0.15, -0.1) is 0 Å². The topological polar surface area (TPSA) is 57.1 Å². The molecule has 1 aliphatic rings. The Balaban J connectivity index is 1.93. The van der Waals surface area contributed by atoms with Crippen molar-refractivity contribution in [2.45, 2.75) is 6.92 Å². The molecule has 0 atom stereocenters. The van der Waals surface area contributed by atoms with Crippen LogP contribution in [-0.2, 0) is 9.53 Å². The molecule has 0 amide bonds. The molecule has 2 aromatic carbocycles. The van der Waals surface area contributed by atoms with Crippen molar-refractivity contribution in [3.05, 3.63) is 76.2 Å². The maximum Gasteiger partial charge on any atom is 0.363 e. The lowest BCUT2D eigenvalue weighted by Crippen LogP contribution is -2.05. The van der Waals surface area contributed by atoms with Crippen LogP contribution in [0.4, 0.5) is 4.39 Å². The lowest BCUT2D eigenvalue weighted by Gasteiger charge is -2.13. The van der Waals surface area contributed by atoms with Crippen LogP contribution in [0.3, 0.4) is 0 Å². The predicted octanol–water partition coefficient (Wildman–Crippen LogP) is 4.79. The molecule has 0 spiro atoms. The molecule has 1 heterocycles. The molecule has 0 N–H and O–H groups in total. The van der Waals surface area contributed by atoms with Crippen molar-refractivity contribution in [2.24, 2.45) is 4.99 Å². The molecule has 0 unspecified atom stereocenters. The third kappa shape index (κ3) is 4.40. The maximum absolute atomic E-state index is 13.4. The Hall–Kier alpha value is -3.12. The van der Waals surface area contributed by atoms with Crippen LogP contribution in [0.1, 0.15) is 18.1 Å². The monoisotopic (exact) mass is 401 g/mol. The average Bonchev–Trinajstić information content (AvgIpc) is 3.01. The predicted molar refractivity (Wildman–Crippen MR) is 105 cm³/mol. The van der Waals surface area contributed by atoms with Gasteiger partial charge in [0.05, 0.1) is 12.1 Å². The zero-order valence-corrected chi connectivity index (χ0v) is 16.0. The first-order valence-electron chi connectivity index (χ1n) is 8.30. The number of rotatable bonds is 6. The Bertz CT molecular complexity index is 1010. The summed E-state index contributed by atoms with van der Waals surface area (Å²) < 4.78 is 29.5. The van der Waals surface area contributed by atoms with Gasteiger partial charge in [0.2, 0.25) is 5.90 Å². The summed E-state index contributed by atoms with van der Waals surface area (Å²) in [5.74, 6) is -0.267. The summed E-state index contributed by atoms with van der Waals surface area (Å²) in [5.41, 5.74) is 1.84. The fraction of sp³-hybridized carbons (Fsp3) is 0.143. The fourth-order valence-corrected chi connectivity index (χ4v) is 2.74. The molecule has 0 saturated carbocycles. The van der Waals surface area contributed by atoms with Gasteiger partial charge in [0.25, 0.3) is 0 Å². The van der Waals surface area contributed by atoms with E-state index in [9.17, 15) is 9.18 Å². The molecule has 0 fully saturated rings. The average molecular weight is 402 g/mol. The van der Waals surface area contributed by atoms with Crippen LogP contribution in [0.25, 0.3) is 6.08 Å². The van der Waals surface area contributed by atoms with Gasteiger partial charge in [-0.05, 0) is 54.5 Å². The second kappa shape index (κ2) is 8.27. The second-order valence-electron chi connectivity index (χ2n) is 6.13. The van der Waals surface area contributed by atoms with Gasteiger partial charge < -0.3 is 14.2 Å². The van der Waals surface area contributed by atoms with Crippen molar-refractivity contribution in [2.75, 3.05) is 13.7 Å². The molecule has 2 aromatic rings. The van der Waals surface area contributed by atoms with Crippen molar-refractivity contribution in [1.82, 2.24) is 0 Å². The van der Waals surface area contributed by atoms with Gasteiger partial charge in [0.15, 0.2) is 17.2 Å². The Kier molecular flexibility index (Phi) is 5.80. The van der Waals surface area contributed by atoms with E-state index in [4.69, 9.17) is 25.8 Å². The summed E-state index contributed by atoms with van der Waals surface area (Å²) in [4.78, 5) is 16.3. The number of ether oxygens (including phenoxy) is 3. The minimum atomic E-state index is -0.642. The molecular weight excluding hydrogens is 385 g/mol. The van der Waals surface area contributed by atoms with E-state index in [2.05, 4.69) is 11.6 Å². The standard InChI is InChI=1S/C21H17ClFNO4/c1-12(2)11-27-19-16(22)7-13(9-18(19)26-3)8-17-21(25)28-20(24-17)14-5-4-6-15(23)10-14/h4-10H,1,11H2,2-3H3/b17-8-. The van der Waals surface area contributed by atoms with Gasteiger partial charge in [-0.2, -0.15) is 0 Å². The number of benzene rings is 2. The molecule has 0 bridgehead atoms. The highest BCUT2D eigenvalue weighted by atomic mass is 35.5. The van der Waals surface area contributed by atoms with Crippen LogP contribution in [0.5, 0.6) is 11.5 Å². The van der Waals surface area contributed by atoms with Crippen LogP contribution in [0.15, 0.2) is 59.2 Å². The molecule has 5 nitrogen and oxygen atoms in total. The number of cyclic esters (lactones) is 1. The number of hydrogen-bond donors (Lipinski definition) is 0. The van der Waals surface area contributed by atoms with Crippen LogP contribution in [0, 0.1) is 5.82 Å². The van der Waals surface area contributed by atoms with Gasteiger partial charge in [-0.3, -0.25) is 0 Å². The van der Waals surface area contributed by atoms with E-state index in [1.54, 1.807) is 18.2 Å². The Labute approximate surface area is 166 Å². The molecule has 0 radical (unpaired) electrons. The van der Waals surface area contributed by atoms with Crippen LogP contribution in [0.2, 0.25) is 5.02 Å². The minimum Gasteiger partial charge on any atom is -0.493 e. The molecule has 0 aromatic heterocycles. The van der Waals surface area contributed by atoms with Gasteiger partial charge in [0.1, 0.15) is 12.4 Å². The first kappa shape index (κ1) is 19.6. The highest BCUT2D eigenvalue weighted by Gasteiger charge is 2.24. The van der Waals surface area contributed by atoms with Crippen LogP contribution >= 0.6 is 11.6 Å². The zero-order valence-electron chi connectivity index (χ0n) is 15.3. The molecule has 3 rings (SSSR count). The van der Waals surface area contributed by atoms with Crippen molar-refractivity contribution < 1.29 is 23.4 Å². The van der Waals surface area contributed by atoms with Crippen LogP contribution < -0.4 is 9.47 Å². The number of carbonyl (C=O) groups excluding carboxylic acids is 1. The fourth-order valence-electron chi connectivity index (χ4n) is 2.47. The molecule has 144 valence electrons. The van der Waals surface area contributed by atoms with E-state index < -0.39 is 11.8 Å². The highest BCUT2D eigenvalue weighted by Crippen LogP contribution is 2.37.